The van der Waals surface area contributed by atoms with E-state index in [-0.39, 0.29) is 17.7 Å². The molecular formula is C22H15ClN2O2. The van der Waals surface area contributed by atoms with Crippen molar-refractivity contribution < 1.29 is 9.53 Å². The summed E-state index contributed by atoms with van der Waals surface area (Å²) in [7, 11) is 0. The lowest BCUT2D eigenvalue weighted by Gasteiger charge is -2.13. The first-order valence-corrected chi connectivity index (χ1v) is 8.77. The van der Waals surface area contributed by atoms with Gasteiger partial charge in [0, 0.05) is 5.02 Å². The third-order valence-corrected chi connectivity index (χ3v) is 4.22. The number of benzene rings is 3. The van der Waals surface area contributed by atoms with Gasteiger partial charge in [-0.1, -0.05) is 60.1 Å². The fourth-order valence-corrected chi connectivity index (χ4v) is 2.80. The molecule has 0 N–H and O–H groups in total. The van der Waals surface area contributed by atoms with Gasteiger partial charge in [0.1, 0.15) is 0 Å². The summed E-state index contributed by atoms with van der Waals surface area (Å²) in [6, 6.07) is 26.1. The number of hydrogen-bond donors (Lipinski definition) is 0. The number of ether oxygens (including phenoxy) is 1. The van der Waals surface area contributed by atoms with E-state index < -0.39 is 0 Å². The molecule has 0 radical (unpaired) electrons. The van der Waals surface area contributed by atoms with Gasteiger partial charge in [-0.25, -0.2) is 4.90 Å². The fraction of sp³-hybridized carbons (Fsp3) is 0. The molecule has 4 rings (SSSR count). The monoisotopic (exact) mass is 374 g/mol. The second-order valence-corrected chi connectivity index (χ2v) is 6.30. The predicted molar refractivity (Wildman–Crippen MR) is 108 cm³/mol. The third-order valence-electron chi connectivity index (χ3n) is 3.97. The highest BCUT2D eigenvalue weighted by Gasteiger charge is 2.36. The SMILES string of the molecule is O=C1/C(=C\c2ccc(Cl)cc2)OC(=Nc2ccccc2)N1c1ccccc1. The van der Waals surface area contributed by atoms with E-state index in [2.05, 4.69) is 4.99 Å². The van der Waals surface area contributed by atoms with Crippen LogP contribution in [0.4, 0.5) is 11.4 Å². The average molecular weight is 375 g/mol. The normalized spacial score (nSPS) is 16.8. The van der Waals surface area contributed by atoms with Crippen LogP contribution in [0, 0.1) is 0 Å². The summed E-state index contributed by atoms with van der Waals surface area (Å²) in [5.41, 5.74) is 2.21. The molecule has 3 aromatic rings. The number of amidine groups is 1. The van der Waals surface area contributed by atoms with E-state index in [1.165, 1.54) is 4.90 Å². The van der Waals surface area contributed by atoms with Gasteiger partial charge in [-0.05, 0) is 48.0 Å². The molecule has 0 spiro atoms. The van der Waals surface area contributed by atoms with Gasteiger partial charge >= 0.3 is 11.9 Å². The molecule has 132 valence electrons. The zero-order chi connectivity index (χ0) is 18.6. The summed E-state index contributed by atoms with van der Waals surface area (Å²) in [5, 5.41) is 0.632. The van der Waals surface area contributed by atoms with Gasteiger partial charge in [-0.2, -0.15) is 4.99 Å². The Balaban J connectivity index is 1.76. The lowest BCUT2D eigenvalue weighted by Crippen LogP contribution is -2.29. The topological polar surface area (TPSA) is 41.9 Å². The molecule has 27 heavy (non-hydrogen) atoms. The highest BCUT2D eigenvalue weighted by molar-refractivity contribution is 6.30. The van der Waals surface area contributed by atoms with Crippen molar-refractivity contribution in [1.29, 1.82) is 0 Å². The maximum atomic E-state index is 13.0. The smallest absolute Gasteiger partial charge is 0.310 e. The molecule has 1 aliphatic rings. The second-order valence-electron chi connectivity index (χ2n) is 5.87. The first kappa shape index (κ1) is 17.1. The summed E-state index contributed by atoms with van der Waals surface area (Å²) in [6.07, 6.45) is 1.68. The molecular weight excluding hydrogens is 360 g/mol. The second kappa shape index (κ2) is 7.48. The molecule has 3 aromatic carbocycles. The van der Waals surface area contributed by atoms with Crippen molar-refractivity contribution in [3.63, 3.8) is 0 Å². The first-order chi connectivity index (χ1) is 13.2. The van der Waals surface area contributed by atoms with Crippen LogP contribution < -0.4 is 4.90 Å². The first-order valence-electron chi connectivity index (χ1n) is 8.39. The molecule has 1 saturated heterocycles. The number of carbonyl (C=O) groups excluding carboxylic acids is 1. The molecule has 0 bridgehead atoms. The fourth-order valence-electron chi connectivity index (χ4n) is 2.68. The number of carbonyl (C=O) groups is 1. The predicted octanol–water partition coefficient (Wildman–Crippen LogP) is 5.43. The van der Waals surface area contributed by atoms with Gasteiger partial charge in [0.05, 0.1) is 11.4 Å². The van der Waals surface area contributed by atoms with Gasteiger partial charge in [0.15, 0.2) is 5.76 Å². The summed E-state index contributed by atoms with van der Waals surface area (Å²) in [5.74, 6) is -0.0679. The van der Waals surface area contributed by atoms with Crippen LogP contribution >= 0.6 is 11.6 Å². The Hall–Kier alpha value is -3.37. The average Bonchev–Trinajstić information content (AvgIpc) is 3.00. The summed E-state index contributed by atoms with van der Waals surface area (Å²) >= 11 is 5.93. The van der Waals surface area contributed by atoms with Gasteiger partial charge < -0.3 is 4.74 Å². The number of hydrogen-bond acceptors (Lipinski definition) is 3. The van der Waals surface area contributed by atoms with Crippen LogP contribution in [0.15, 0.2) is 95.7 Å². The van der Waals surface area contributed by atoms with Crippen molar-refractivity contribution in [3.05, 3.63) is 101 Å². The number of rotatable bonds is 3. The Bertz CT molecular complexity index is 1010. The van der Waals surface area contributed by atoms with Gasteiger partial charge in [0.2, 0.25) is 0 Å². The third kappa shape index (κ3) is 3.76. The highest BCUT2D eigenvalue weighted by Crippen LogP contribution is 2.28. The molecule has 0 atom stereocenters. The number of para-hydroxylation sites is 2. The Morgan fingerprint density at radius 3 is 2.15 bits per heavy atom. The van der Waals surface area contributed by atoms with E-state index in [0.29, 0.717) is 16.4 Å². The van der Waals surface area contributed by atoms with Crippen molar-refractivity contribution in [2.24, 2.45) is 4.99 Å². The molecule has 4 nitrogen and oxygen atoms in total. The van der Waals surface area contributed by atoms with Gasteiger partial charge in [-0.3, -0.25) is 4.79 Å². The molecule has 1 aliphatic heterocycles. The van der Waals surface area contributed by atoms with Crippen LogP contribution in [0.5, 0.6) is 0 Å². The maximum Gasteiger partial charge on any atom is 0.310 e. The summed E-state index contributed by atoms with van der Waals surface area (Å²) in [4.78, 5) is 19.0. The largest absolute Gasteiger partial charge is 0.419 e. The van der Waals surface area contributed by atoms with Crippen molar-refractivity contribution in [3.8, 4) is 0 Å². The van der Waals surface area contributed by atoms with E-state index in [1.54, 1.807) is 18.2 Å². The molecule has 1 fully saturated rings. The molecule has 0 aromatic heterocycles. The van der Waals surface area contributed by atoms with Crippen molar-refractivity contribution in [2.75, 3.05) is 4.90 Å². The Morgan fingerprint density at radius 1 is 0.852 bits per heavy atom. The maximum absolute atomic E-state index is 13.0. The van der Waals surface area contributed by atoms with Gasteiger partial charge in [-0.15, -0.1) is 0 Å². The Kier molecular flexibility index (Phi) is 4.73. The number of halogens is 1. The van der Waals surface area contributed by atoms with Crippen LogP contribution in [0.1, 0.15) is 5.56 Å². The van der Waals surface area contributed by atoms with E-state index in [9.17, 15) is 4.79 Å². The molecule has 0 unspecified atom stereocenters. The Morgan fingerprint density at radius 2 is 1.48 bits per heavy atom. The quantitative estimate of drug-likeness (QED) is 0.573. The minimum Gasteiger partial charge on any atom is -0.419 e. The Labute approximate surface area is 162 Å². The lowest BCUT2D eigenvalue weighted by atomic mass is 10.2. The van der Waals surface area contributed by atoms with Crippen molar-refractivity contribution >= 4 is 41.0 Å². The number of aliphatic imine (C=N–C) groups is 1. The molecule has 5 heteroatoms. The van der Waals surface area contributed by atoms with E-state index in [0.717, 1.165) is 5.56 Å². The lowest BCUT2D eigenvalue weighted by molar-refractivity contribution is -0.114. The number of nitrogens with zero attached hydrogens (tertiary/aromatic N) is 2. The van der Waals surface area contributed by atoms with Crippen LogP contribution in [-0.2, 0) is 9.53 Å². The number of amides is 1. The molecule has 1 heterocycles. The van der Waals surface area contributed by atoms with E-state index in [4.69, 9.17) is 16.3 Å². The van der Waals surface area contributed by atoms with Crippen molar-refractivity contribution in [1.82, 2.24) is 0 Å². The molecule has 0 saturated carbocycles. The standard InChI is InChI=1S/C22H15ClN2O2/c23-17-13-11-16(12-14-17)15-20-21(26)25(19-9-5-2-6-10-19)22(27-20)24-18-7-3-1-4-8-18/h1-15H/b20-15+,24-22?. The molecule has 1 amide bonds. The zero-order valence-corrected chi connectivity index (χ0v) is 15.0. The van der Waals surface area contributed by atoms with Crippen molar-refractivity contribution in [2.45, 2.75) is 0 Å². The number of anilines is 1. The van der Waals surface area contributed by atoms with Crippen LogP contribution in [0.3, 0.4) is 0 Å². The van der Waals surface area contributed by atoms with Crippen LogP contribution in [-0.4, -0.2) is 11.9 Å². The van der Waals surface area contributed by atoms with E-state index in [1.807, 2.05) is 72.8 Å². The van der Waals surface area contributed by atoms with Gasteiger partial charge in [0.25, 0.3) is 0 Å². The summed E-state index contributed by atoms with van der Waals surface area (Å²) in [6.45, 7) is 0. The van der Waals surface area contributed by atoms with E-state index >= 15 is 0 Å². The zero-order valence-electron chi connectivity index (χ0n) is 14.2. The summed E-state index contributed by atoms with van der Waals surface area (Å²) < 4.78 is 5.83. The minimum atomic E-state index is -0.272. The van der Waals surface area contributed by atoms with Crippen LogP contribution in [0.25, 0.3) is 6.08 Å². The minimum absolute atomic E-state index is 0.204. The molecule has 0 aliphatic carbocycles. The van der Waals surface area contributed by atoms with Crippen LogP contribution in [0.2, 0.25) is 5.02 Å². The highest BCUT2D eigenvalue weighted by atomic mass is 35.5.